The lowest BCUT2D eigenvalue weighted by molar-refractivity contribution is 0.0636. The number of para-hydroxylation sites is 1. The zero-order valence-corrected chi connectivity index (χ0v) is 13.2. The van der Waals surface area contributed by atoms with Gasteiger partial charge in [0.2, 0.25) is 0 Å². The van der Waals surface area contributed by atoms with E-state index in [0.29, 0.717) is 5.69 Å². The van der Waals surface area contributed by atoms with Crippen molar-refractivity contribution < 1.29 is 9.53 Å². The van der Waals surface area contributed by atoms with Crippen molar-refractivity contribution in [1.82, 2.24) is 4.98 Å². The normalized spacial score (nSPS) is 11.4. The Morgan fingerprint density at radius 2 is 2.05 bits per heavy atom. The lowest BCUT2D eigenvalue weighted by atomic mass is 10.2. The van der Waals surface area contributed by atoms with Crippen molar-refractivity contribution in [2.75, 3.05) is 5.32 Å². The topological polar surface area (TPSA) is 51.2 Å². The maximum absolute atomic E-state index is 11.8. The first-order chi connectivity index (χ1) is 8.87. The molecule has 1 heterocycles. The van der Waals surface area contributed by atoms with E-state index in [9.17, 15) is 4.79 Å². The number of carbonyl (C=O) groups is 1. The first kappa shape index (κ1) is 14.0. The van der Waals surface area contributed by atoms with Gasteiger partial charge in [-0.15, -0.1) is 0 Å². The minimum atomic E-state index is -0.513. The van der Waals surface area contributed by atoms with E-state index in [2.05, 4.69) is 32.9 Å². The minimum absolute atomic E-state index is 0.459. The van der Waals surface area contributed by atoms with Crippen molar-refractivity contribution in [1.29, 1.82) is 0 Å². The molecule has 0 saturated heterocycles. The molecule has 4 nitrogen and oxygen atoms in total. The third-order valence-electron chi connectivity index (χ3n) is 2.36. The second-order valence-electron chi connectivity index (χ2n) is 5.12. The van der Waals surface area contributed by atoms with Crippen LogP contribution in [0.5, 0.6) is 0 Å². The van der Waals surface area contributed by atoms with Crippen LogP contribution in [0.4, 0.5) is 10.5 Å². The SMILES string of the molecule is CC(C)(C)OC(=O)Nc1ccnc2c(I)cccc12. The van der Waals surface area contributed by atoms with E-state index >= 15 is 0 Å². The van der Waals surface area contributed by atoms with Crippen molar-refractivity contribution in [3.05, 3.63) is 34.0 Å². The summed E-state index contributed by atoms with van der Waals surface area (Å²) >= 11 is 2.22. The number of benzene rings is 1. The van der Waals surface area contributed by atoms with Crippen molar-refractivity contribution in [2.24, 2.45) is 0 Å². The van der Waals surface area contributed by atoms with Crippen LogP contribution in [-0.2, 0) is 4.74 Å². The molecule has 1 N–H and O–H groups in total. The summed E-state index contributed by atoms with van der Waals surface area (Å²) in [6, 6.07) is 7.61. The summed E-state index contributed by atoms with van der Waals surface area (Å²) in [5.41, 5.74) is 1.07. The summed E-state index contributed by atoms with van der Waals surface area (Å²) in [6.07, 6.45) is 1.22. The molecule has 1 aromatic heterocycles. The molecule has 0 spiro atoms. The van der Waals surface area contributed by atoms with E-state index in [1.807, 2.05) is 39.0 Å². The zero-order chi connectivity index (χ0) is 14.0. The lowest BCUT2D eigenvalue weighted by Crippen LogP contribution is -2.27. The van der Waals surface area contributed by atoms with Crippen LogP contribution in [0.25, 0.3) is 10.9 Å². The molecule has 0 atom stereocenters. The highest BCUT2D eigenvalue weighted by molar-refractivity contribution is 14.1. The van der Waals surface area contributed by atoms with E-state index in [4.69, 9.17) is 4.74 Å². The van der Waals surface area contributed by atoms with Gasteiger partial charge in [0, 0.05) is 15.2 Å². The van der Waals surface area contributed by atoms with E-state index in [-0.39, 0.29) is 0 Å². The van der Waals surface area contributed by atoms with Gasteiger partial charge in [-0.05, 0) is 55.5 Å². The van der Waals surface area contributed by atoms with Gasteiger partial charge in [0.25, 0.3) is 0 Å². The summed E-state index contributed by atoms with van der Waals surface area (Å²) in [5.74, 6) is 0. The average molecular weight is 370 g/mol. The molecule has 0 saturated carbocycles. The van der Waals surface area contributed by atoms with Crippen LogP contribution >= 0.6 is 22.6 Å². The maximum atomic E-state index is 11.8. The van der Waals surface area contributed by atoms with Crippen LogP contribution in [0.2, 0.25) is 0 Å². The zero-order valence-electron chi connectivity index (χ0n) is 11.0. The Morgan fingerprint density at radius 3 is 2.74 bits per heavy atom. The van der Waals surface area contributed by atoms with Gasteiger partial charge < -0.3 is 4.74 Å². The molecule has 0 bridgehead atoms. The molecule has 2 aromatic rings. The molecule has 0 fully saturated rings. The van der Waals surface area contributed by atoms with Crippen LogP contribution in [0.15, 0.2) is 30.5 Å². The van der Waals surface area contributed by atoms with Gasteiger partial charge in [-0.2, -0.15) is 0 Å². The molecule has 100 valence electrons. The molecule has 0 radical (unpaired) electrons. The largest absolute Gasteiger partial charge is 0.444 e. The van der Waals surface area contributed by atoms with E-state index in [1.54, 1.807) is 12.3 Å². The monoisotopic (exact) mass is 370 g/mol. The number of fused-ring (bicyclic) bond motifs is 1. The van der Waals surface area contributed by atoms with Crippen LogP contribution in [-0.4, -0.2) is 16.7 Å². The van der Waals surface area contributed by atoms with E-state index < -0.39 is 11.7 Å². The number of hydrogen-bond acceptors (Lipinski definition) is 3. The predicted octanol–water partition coefficient (Wildman–Crippen LogP) is 4.19. The summed E-state index contributed by atoms with van der Waals surface area (Å²) < 4.78 is 6.29. The second kappa shape index (κ2) is 5.32. The molecule has 1 aromatic carbocycles. The van der Waals surface area contributed by atoms with Crippen molar-refractivity contribution in [2.45, 2.75) is 26.4 Å². The highest BCUT2D eigenvalue weighted by atomic mass is 127. The van der Waals surface area contributed by atoms with Crippen molar-refractivity contribution in [3.63, 3.8) is 0 Å². The number of nitrogens with one attached hydrogen (secondary N) is 1. The molecular formula is C14H15IN2O2. The molecule has 0 aliphatic heterocycles. The first-order valence-corrected chi connectivity index (χ1v) is 6.98. The highest BCUT2D eigenvalue weighted by Crippen LogP contribution is 2.25. The van der Waals surface area contributed by atoms with E-state index in [1.165, 1.54) is 0 Å². The number of ether oxygens (including phenoxy) is 1. The Kier molecular flexibility index (Phi) is 3.93. The smallest absolute Gasteiger partial charge is 0.412 e. The number of anilines is 1. The quantitative estimate of drug-likeness (QED) is 0.766. The number of amides is 1. The van der Waals surface area contributed by atoms with Gasteiger partial charge in [-0.3, -0.25) is 10.3 Å². The van der Waals surface area contributed by atoms with Gasteiger partial charge in [-0.25, -0.2) is 4.79 Å². The average Bonchev–Trinajstić information content (AvgIpc) is 2.28. The van der Waals surface area contributed by atoms with Crippen molar-refractivity contribution in [3.8, 4) is 0 Å². The summed E-state index contributed by atoms with van der Waals surface area (Å²) in [4.78, 5) is 16.1. The fourth-order valence-electron chi connectivity index (χ4n) is 1.66. The molecule has 2 rings (SSSR count). The number of hydrogen-bond donors (Lipinski definition) is 1. The first-order valence-electron chi connectivity index (χ1n) is 5.90. The maximum Gasteiger partial charge on any atom is 0.412 e. The standard InChI is InChI=1S/C14H15IN2O2/c1-14(2,3)19-13(18)17-11-7-8-16-12-9(11)5-4-6-10(12)15/h4-8H,1-3H3,(H,16,17,18). The van der Waals surface area contributed by atoms with E-state index in [0.717, 1.165) is 14.5 Å². The molecular weight excluding hydrogens is 355 g/mol. The molecule has 0 aliphatic rings. The van der Waals surface area contributed by atoms with Gasteiger partial charge in [0.05, 0.1) is 11.2 Å². The van der Waals surface area contributed by atoms with Gasteiger partial charge in [0.15, 0.2) is 0 Å². The molecule has 19 heavy (non-hydrogen) atoms. The highest BCUT2D eigenvalue weighted by Gasteiger charge is 2.17. The molecule has 0 unspecified atom stereocenters. The number of aromatic nitrogens is 1. The minimum Gasteiger partial charge on any atom is -0.444 e. The fourth-order valence-corrected chi connectivity index (χ4v) is 2.30. The summed E-state index contributed by atoms with van der Waals surface area (Å²) in [6.45, 7) is 5.50. The Labute approximate surface area is 125 Å². The fraction of sp³-hybridized carbons (Fsp3) is 0.286. The molecule has 1 amide bonds. The van der Waals surface area contributed by atoms with Gasteiger partial charge >= 0.3 is 6.09 Å². The number of pyridine rings is 1. The third kappa shape index (κ3) is 3.56. The Bertz CT molecular complexity index is 620. The second-order valence-corrected chi connectivity index (χ2v) is 6.28. The number of halogens is 1. The van der Waals surface area contributed by atoms with Gasteiger partial charge in [0.1, 0.15) is 5.60 Å². The molecule has 0 aliphatic carbocycles. The summed E-state index contributed by atoms with van der Waals surface area (Å²) in [5, 5.41) is 3.67. The lowest BCUT2D eigenvalue weighted by Gasteiger charge is -2.20. The molecule has 5 heteroatoms. The van der Waals surface area contributed by atoms with Crippen LogP contribution in [0.3, 0.4) is 0 Å². The number of nitrogens with zero attached hydrogens (tertiary/aromatic N) is 1. The Morgan fingerprint density at radius 1 is 1.32 bits per heavy atom. The number of rotatable bonds is 1. The van der Waals surface area contributed by atoms with Crippen LogP contribution < -0.4 is 5.32 Å². The summed E-state index contributed by atoms with van der Waals surface area (Å²) in [7, 11) is 0. The predicted molar refractivity (Wildman–Crippen MR) is 84.3 cm³/mol. The Hall–Kier alpha value is -1.37. The van der Waals surface area contributed by atoms with Crippen LogP contribution in [0.1, 0.15) is 20.8 Å². The number of carbonyl (C=O) groups excluding carboxylic acids is 1. The Balaban J connectivity index is 2.31. The van der Waals surface area contributed by atoms with Crippen LogP contribution in [0, 0.1) is 3.57 Å². The van der Waals surface area contributed by atoms with Gasteiger partial charge in [-0.1, -0.05) is 12.1 Å². The third-order valence-corrected chi connectivity index (χ3v) is 3.23. The van der Waals surface area contributed by atoms with Crippen molar-refractivity contribution >= 4 is 45.3 Å².